The van der Waals surface area contributed by atoms with Crippen LogP contribution in [0, 0.1) is 5.82 Å². The van der Waals surface area contributed by atoms with E-state index in [0.29, 0.717) is 24.9 Å². The molecule has 4 amide bonds. The Morgan fingerprint density at radius 2 is 2.04 bits per heavy atom. The molecule has 0 unspecified atom stereocenters. The molecule has 1 saturated carbocycles. The fourth-order valence-corrected chi connectivity index (χ4v) is 3.38. The van der Waals surface area contributed by atoms with Crippen LogP contribution < -0.4 is 10.6 Å². The van der Waals surface area contributed by atoms with Gasteiger partial charge in [0.1, 0.15) is 11.4 Å². The van der Waals surface area contributed by atoms with Gasteiger partial charge in [0, 0.05) is 18.7 Å². The van der Waals surface area contributed by atoms with E-state index in [9.17, 15) is 18.8 Å². The lowest BCUT2D eigenvalue weighted by atomic mass is 9.98. The van der Waals surface area contributed by atoms with E-state index in [1.807, 2.05) is 0 Å². The van der Waals surface area contributed by atoms with E-state index in [1.54, 1.807) is 6.07 Å². The first-order valence-electron chi connectivity index (χ1n) is 8.20. The summed E-state index contributed by atoms with van der Waals surface area (Å²) in [6, 6.07) is 5.28. The molecule has 0 aromatic heterocycles. The summed E-state index contributed by atoms with van der Waals surface area (Å²) < 4.78 is 13.1. The van der Waals surface area contributed by atoms with Gasteiger partial charge >= 0.3 is 6.03 Å². The molecule has 2 aliphatic rings. The molecular formula is C17H20FN3O3. The molecule has 1 spiro atoms. The van der Waals surface area contributed by atoms with Gasteiger partial charge in [-0.3, -0.25) is 14.5 Å². The lowest BCUT2D eigenvalue weighted by Crippen LogP contribution is -2.44. The molecule has 7 heteroatoms. The first kappa shape index (κ1) is 16.4. The zero-order chi connectivity index (χ0) is 17.2. The lowest BCUT2D eigenvalue weighted by Gasteiger charge is -2.19. The van der Waals surface area contributed by atoms with Crippen LogP contribution in [0.2, 0.25) is 0 Å². The van der Waals surface area contributed by atoms with E-state index in [0.717, 1.165) is 12.8 Å². The maximum atomic E-state index is 13.1. The van der Waals surface area contributed by atoms with Gasteiger partial charge in [-0.05, 0) is 37.5 Å². The summed E-state index contributed by atoms with van der Waals surface area (Å²) in [5.41, 5.74) is -0.319. The van der Waals surface area contributed by atoms with Crippen LogP contribution in [0.4, 0.5) is 14.9 Å². The molecule has 6 nitrogen and oxygen atoms in total. The summed E-state index contributed by atoms with van der Waals surface area (Å²) in [5.74, 6) is -0.868. The number of amides is 4. The van der Waals surface area contributed by atoms with Gasteiger partial charge in [0.15, 0.2) is 0 Å². The first-order valence-corrected chi connectivity index (χ1v) is 8.20. The summed E-state index contributed by atoms with van der Waals surface area (Å²) in [6.45, 7) is 0.211. The molecule has 1 aliphatic heterocycles. The summed E-state index contributed by atoms with van der Waals surface area (Å²) in [4.78, 5) is 37.5. The zero-order valence-corrected chi connectivity index (χ0v) is 13.3. The Bertz CT molecular complexity index is 671. The van der Waals surface area contributed by atoms with Gasteiger partial charge in [-0.25, -0.2) is 9.18 Å². The average molecular weight is 333 g/mol. The van der Waals surface area contributed by atoms with E-state index >= 15 is 0 Å². The summed E-state index contributed by atoms with van der Waals surface area (Å²) >= 11 is 0. The molecule has 1 aromatic rings. The van der Waals surface area contributed by atoms with Crippen molar-refractivity contribution in [3.63, 3.8) is 0 Å². The monoisotopic (exact) mass is 333 g/mol. The fraction of sp³-hybridized carbons (Fsp3) is 0.471. The Kier molecular flexibility index (Phi) is 4.51. The number of carbonyl (C=O) groups excluding carboxylic acids is 3. The number of rotatable bonds is 5. The van der Waals surface area contributed by atoms with E-state index in [1.165, 1.54) is 23.1 Å². The number of nitrogens with zero attached hydrogens (tertiary/aromatic N) is 1. The smallest absolute Gasteiger partial charge is 0.325 e. The second kappa shape index (κ2) is 6.59. The van der Waals surface area contributed by atoms with Crippen molar-refractivity contribution in [3.8, 4) is 0 Å². The number of urea groups is 1. The SMILES string of the molecule is O=C(CCCN1C(=O)NC2(CCCC2)C1=O)Nc1cccc(F)c1. The number of carbonyl (C=O) groups is 3. The normalized spacial score (nSPS) is 19.0. The topological polar surface area (TPSA) is 78.5 Å². The van der Waals surface area contributed by atoms with Crippen molar-refractivity contribution in [2.75, 3.05) is 11.9 Å². The molecule has 128 valence electrons. The fourth-order valence-electron chi connectivity index (χ4n) is 3.38. The van der Waals surface area contributed by atoms with Crippen LogP contribution in [0.3, 0.4) is 0 Å². The van der Waals surface area contributed by atoms with Gasteiger partial charge in [-0.1, -0.05) is 18.9 Å². The van der Waals surface area contributed by atoms with Gasteiger partial charge in [0.05, 0.1) is 0 Å². The summed E-state index contributed by atoms with van der Waals surface area (Å²) in [5, 5.41) is 5.40. The second-order valence-electron chi connectivity index (χ2n) is 6.34. The van der Waals surface area contributed by atoms with Crippen LogP contribution in [-0.2, 0) is 9.59 Å². The lowest BCUT2D eigenvalue weighted by molar-refractivity contribution is -0.131. The molecule has 2 fully saturated rings. The maximum Gasteiger partial charge on any atom is 0.325 e. The van der Waals surface area contributed by atoms with Crippen LogP contribution in [0.25, 0.3) is 0 Å². The molecule has 3 rings (SSSR count). The van der Waals surface area contributed by atoms with Crippen LogP contribution >= 0.6 is 0 Å². The van der Waals surface area contributed by atoms with E-state index in [-0.39, 0.29) is 30.8 Å². The number of imide groups is 1. The summed E-state index contributed by atoms with van der Waals surface area (Å²) in [7, 11) is 0. The largest absolute Gasteiger partial charge is 0.326 e. The molecular weight excluding hydrogens is 313 g/mol. The molecule has 24 heavy (non-hydrogen) atoms. The maximum absolute atomic E-state index is 13.1. The van der Waals surface area contributed by atoms with Crippen molar-refractivity contribution < 1.29 is 18.8 Å². The predicted octanol–water partition coefficient (Wildman–Crippen LogP) is 2.41. The highest BCUT2D eigenvalue weighted by Crippen LogP contribution is 2.35. The third kappa shape index (κ3) is 3.25. The minimum absolute atomic E-state index is 0.153. The summed E-state index contributed by atoms with van der Waals surface area (Å²) in [6.07, 6.45) is 3.78. The first-order chi connectivity index (χ1) is 11.5. The predicted molar refractivity (Wildman–Crippen MR) is 85.7 cm³/mol. The van der Waals surface area contributed by atoms with Crippen LogP contribution in [0.15, 0.2) is 24.3 Å². The molecule has 1 aliphatic carbocycles. The Hall–Kier alpha value is -2.44. The van der Waals surface area contributed by atoms with Gasteiger partial charge in [-0.15, -0.1) is 0 Å². The van der Waals surface area contributed by atoms with Crippen LogP contribution in [-0.4, -0.2) is 34.8 Å². The number of benzene rings is 1. The number of hydrogen-bond acceptors (Lipinski definition) is 3. The van der Waals surface area contributed by atoms with E-state index in [2.05, 4.69) is 10.6 Å². The third-order valence-corrected chi connectivity index (χ3v) is 4.60. The molecule has 1 heterocycles. The second-order valence-corrected chi connectivity index (χ2v) is 6.34. The Balaban J connectivity index is 1.48. The zero-order valence-electron chi connectivity index (χ0n) is 13.3. The Morgan fingerprint density at radius 1 is 1.29 bits per heavy atom. The highest BCUT2D eigenvalue weighted by Gasteiger charge is 2.51. The molecule has 1 saturated heterocycles. The van der Waals surface area contributed by atoms with Gasteiger partial charge in [0.2, 0.25) is 5.91 Å². The number of nitrogens with one attached hydrogen (secondary N) is 2. The molecule has 2 N–H and O–H groups in total. The molecule has 0 radical (unpaired) electrons. The average Bonchev–Trinajstić information content (AvgIpc) is 3.08. The Labute approximate surface area is 139 Å². The van der Waals surface area contributed by atoms with Gasteiger partial charge in [-0.2, -0.15) is 0 Å². The molecule has 1 aromatic carbocycles. The molecule has 0 atom stereocenters. The van der Waals surface area contributed by atoms with Gasteiger partial charge in [0.25, 0.3) is 5.91 Å². The highest BCUT2D eigenvalue weighted by atomic mass is 19.1. The highest BCUT2D eigenvalue weighted by molar-refractivity contribution is 6.07. The number of halogens is 1. The van der Waals surface area contributed by atoms with Gasteiger partial charge < -0.3 is 10.6 Å². The Morgan fingerprint density at radius 3 is 2.75 bits per heavy atom. The van der Waals surface area contributed by atoms with Crippen LogP contribution in [0.1, 0.15) is 38.5 Å². The number of anilines is 1. The minimum Gasteiger partial charge on any atom is -0.326 e. The quantitative estimate of drug-likeness (QED) is 0.812. The minimum atomic E-state index is -0.707. The van der Waals surface area contributed by atoms with Crippen molar-refractivity contribution in [1.29, 1.82) is 0 Å². The standard InChI is InChI=1S/C17H20FN3O3/c18-12-5-3-6-13(11-12)19-14(22)7-4-10-21-15(23)17(20-16(21)24)8-1-2-9-17/h3,5-6,11H,1-2,4,7-10H2,(H,19,22)(H,20,24). The third-order valence-electron chi connectivity index (χ3n) is 4.60. The van der Waals surface area contributed by atoms with Crippen molar-refractivity contribution >= 4 is 23.5 Å². The molecule has 0 bridgehead atoms. The van der Waals surface area contributed by atoms with Crippen molar-refractivity contribution in [3.05, 3.63) is 30.1 Å². The van der Waals surface area contributed by atoms with E-state index in [4.69, 9.17) is 0 Å². The van der Waals surface area contributed by atoms with Crippen molar-refractivity contribution in [2.24, 2.45) is 0 Å². The van der Waals surface area contributed by atoms with E-state index < -0.39 is 11.4 Å². The number of hydrogen-bond donors (Lipinski definition) is 2. The van der Waals surface area contributed by atoms with Crippen LogP contribution in [0.5, 0.6) is 0 Å². The van der Waals surface area contributed by atoms with Crippen molar-refractivity contribution in [1.82, 2.24) is 10.2 Å². The van der Waals surface area contributed by atoms with Crippen molar-refractivity contribution in [2.45, 2.75) is 44.1 Å².